The Labute approximate surface area is 142 Å². The molecule has 0 aromatic carbocycles. The number of carbonyl (C=O) groups excluding carboxylic acids is 1. The molecule has 1 fully saturated rings. The van der Waals surface area contributed by atoms with Gasteiger partial charge in [0.2, 0.25) is 0 Å². The zero-order valence-corrected chi connectivity index (χ0v) is 17.2. The van der Waals surface area contributed by atoms with Crippen molar-refractivity contribution in [1.29, 1.82) is 0 Å². The van der Waals surface area contributed by atoms with E-state index in [-0.39, 0.29) is 17.2 Å². The number of hydrogen-bond acceptors (Lipinski definition) is 5. The first-order valence-corrected chi connectivity index (χ1v) is 11.2. The molecule has 0 aliphatic carbocycles. The second-order valence-electron chi connectivity index (χ2n) is 8.60. The Kier molecular flexibility index (Phi) is 6.29. The molecule has 0 aromatic heterocycles. The highest BCUT2D eigenvalue weighted by Gasteiger charge is 2.42. The number of rotatable bonds is 4. The van der Waals surface area contributed by atoms with Gasteiger partial charge in [0, 0.05) is 6.54 Å². The number of amides is 1. The smallest absolute Gasteiger partial charge is 0.427 e. The van der Waals surface area contributed by atoms with Crippen LogP contribution >= 0.6 is 0 Å². The van der Waals surface area contributed by atoms with Gasteiger partial charge in [0.1, 0.15) is 5.60 Å². The van der Waals surface area contributed by atoms with Crippen molar-refractivity contribution >= 4 is 14.4 Å². The fourth-order valence-electron chi connectivity index (χ4n) is 2.07. The molecule has 0 radical (unpaired) electrons. The zero-order chi connectivity index (χ0) is 18.1. The molecule has 6 nitrogen and oxygen atoms in total. The molecule has 0 spiro atoms. The monoisotopic (exact) mass is 346 g/mol. The van der Waals surface area contributed by atoms with Crippen LogP contribution < -0.4 is 0 Å². The van der Waals surface area contributed by atoms with Crippen LogP contribution in [-0.4, -0.2) is 56.5 Å². The highest BCUT2D eigenvalue weighted by Crippen LogP contribution is 2.37. The van der Waals surface area contributed by atoms with Crippen LogP contribution in [0.15, 0.2) is 0 Å². The third kappa shape index (κ3) is 5.44. The standard InChI is InChI=1S/C16H34N2O4Si/c1-15(2,3)22-14(19)18-13(10-11-17(18)20-7)12-21-23(8,9)16(4,5)6/h13H,10-12H2,1-9H3/t13-/m0/s1. The van der Waals surface area contributed by atoms with Crippen LogP contribution in [0, 0.1) is 0 Å². The van der Waals surface area contributed by atoms with Gasteiger partial charge in [0.15, 0.2) is 8.32 Å². The molecule has 136 valence electrons. The number of carbonyl (C=O) groups is 1. The predicted octanol–water partition coefficient (Wildman–Crippen LogP) is 3.80. The lowest BCUT2D eigenvalue weighted by Gasteiger charge is -2.38. The van der Waals surface area contributed by atoms with Crippen molar-refractivity contribution in [3.63, 3.8) is 0 Å². The summed E-state index contributed by atoms with van der Waals surface area (Å²) < 4.78 is 11.8. The van der Waals surface area contributed by atoms with E-state index >= 15 is 0 Å². The molecule has 1 amide bonds. The summed E-state index contributed by atoms with van der Waals surface area (Å²) in [7, 11) is -0.290. The van der Waals surface area contributed by atoms with Crippen molar-refractivity contribution in [1.82, 2.24) is 10.2 Å². The highest BCUT2D eigenvalue weighted by atomic mass is 28.4. The zero-order valence-electron chi connectivity index (χ0n) is 16.2. The topological polar surface area (TPSA) is 51.2 Å². The van der Waals surface area contributed by atoms with E-state index in [4.69, 9.17) is 14.0 Å². The number of hydrazine groups is 1. The first kappa shape index (κ1) is 20.4. The third-order valence-corrected chi connectivity index (χ3v) is 8.97. The van der Waals surface area contributed by atoms with E-state index in [2.05, 4.69) is 33.9 Å². The molecule has 23 heavy (non-hydrogen) atoms. The van der Waals surface area contributed by atoms with Crippen LogP contribution in [0.5, 0.6) is 0 Å². The highest BCUT2D eigenvalue weighted by molar-refractivity contribution is 6.74. The van der Waals surface area contributed by atoms with Gasteiger partial charge in [0.05, 0.1) is 19.8 Å². The average Bonchev–Trinajstić information content (AvgIpc) is 2.75. The maximum atomic E-state index is 12.5. The first-order chi connectivity index (χ1) is 10.3. The van der Waals surface area contributed by atoms with Crippen molar-refractivity contribution in [3.8, 4) is 0 Å². The van der Waals surface area contributed by atoms with Gasteiger partial charge in [-0.3, -0.25) is 4.84 Å². The quantitative estimate of drug-likeness (QED) is 0.725. The Morgan fingerprint density at radius 1 is 1.17 bits per heavy atom. The summed E-state index contributed by atoms with van der Waals surface area (Å²) in [4.78, 5) is 17.8. The van der Waals surface area contributed by atoms with Gasteiger partial charge in [0.25, 0.3) is 0 Å². The van der Waals surface area contributed by atoms with Crippen molar-refractivity contribution in [2.75, 3.05) is 20.3 Å². The SMILES string of the molecule is CON1CC[C@@H](CO[Si](C)(C)C(C)(C)C)N1C(=O)OC(C)(C)C. The van der Waals surface area contributed by atoms with Crippen LogP contribution in [0.3, 0.4) is 0 Å². The fraction of sp³-hybridized carbons (Fsp3) is 0.938. The van der Waals surface area contributed by atoms with Crippen LogP contribution in [0.1, 0.15) is 48.0 Å². The van der Waals surface area contributed by atoms with Crippen LogP contribution in [0.4, 0.5) is 4.79 Å². The molecule has 1 rings (SSSR count). The fourth-order valence-corrected chi connectivity index (χ4v) is 3.12. The predicted molar refractivity (Wildman–Crippen MR) is 93.3 cm³/mol. The maximum absolute atomic E-state index is 12.5. The minimum absolute atomic E-state index is 0.0566. The van der Waals surface area contributed by atoms with Gasteiger partial charge < -0.3 is 9.16 Å². The van der Waals surface area contributed by atoms with Crippen molar-refractivity contribution in [2.45, 2.75) is 77.7 Å². The van der Waals surface area contributed by atoms with Gasteiger partial charge in [-0.25, -0.2) is 9.80 Å². The number of nitrogens with zero attached hydrogens (tertiary/aromatic N) is 2. The van der Waals surface area contributed by atoms with Gasteiger partial charge in [-0.05, 0) is 45.3 Å². The molecule has 0 N–H and O–H groups in total. The minimum Gasteiger partial charge on any atom is -0.443 e. The first-order valence-electron chi connectivity index (χ1n) is 8.26. The lowest BCUT2D eigenvalue weighted by molar-refractivity contribution is -0.238. The molecule has 7 heteroatoms. The molecular formula is C16H34N2O4Si. The molecule has 1 heterocycles. The van der Waals surface area contributed by atoms with E-state index in [1.807, 2.05) is 20.8 Å². The third-order valence-electron chi connectivity index (χ3n) is 4.47. The minimum atomic E-state index is -1.85. The molecule has 0 saturated carbocycles. The summed E-state index contributed by atoms with van der Waals surface area (Å²) in [6.45, 7) is 17.8. The lowest BCUT2D eigenvalue weighted by atomic mass is 10.2. The largest absolute Gasteiger partial charge is 0.443 e. The van der Waals surface area contributed by atoms with Gasteiger partial charge in [-0.15, -0.1) is 0 Å². The molecule has 1 atom stereocenters. The molecule has 1 aliphatic heterocycles. The van der Waals surface area contributed by atoms with Crippen molar-refractivity contribution < 1.29 is 18.8 Å². The second-order valence-corrected chi connectivity index (χ2v) is 13.4. The number of hydroxylamine groups is 1. The summed E-state index contributed by atoms with van der Waals surface area (Å²) in [5.74, 6) is 0. The van der Waals surface area contributed by atoms with Crippen LogP contribution in [0.25, 0.3) is 0 Å². The van der Waals surface area contributed by atoms with Crippen molar-refractivity contribution in [2.24, 2.45) is 0 Å². The average molecular weight is 347 g/mol. The summed E-state index contributed by atoms with van der Waals surface area (Å²) in [5.41, 5.74) is -0.538. The second kappa shape index (κ2) is 7.09. The van der Waals surface area contributed by atoms with Crippen LogP contribution in [-0.2, 0) is 14.0 Å². The molecule has 1 saturated heterocycles. The Morgan fingerprint density at radius 3 is 2.17 bits per heavy atom. The number of ether oxygens (including phenoxy) is 1. The Morgan fingerprint density at radius 2 is 1.74 bits per heavy atom. The molecular weight excluding hydrogens is 312 g/mol. The summed E-state index contributed by atoms with van der Waals surface area (Å²) in [6.07, 6.45) is 0.419. The van der Waals surface area contributed by atoms with E-state index in [0.29, 0.717) is 13.2 Å². The molecule has 0 aromatic rings. The summed E-state index contributed by atoms with van der Waals surface area (Å²) in [5, 5.41) is 3.26. The van der Waals surface area contributed by atoms with E-state index in [1.165, 1.54) is 0 Å². The normalized spacial score (nSPS) is 20.9. The van der Waals surface area contributed by atoms with Crippen molar-refractivity contribution in [3.05, 3.63) is 0 Å². The Hall–Kier alpha value is -0.633. The summed E-state index contributed by atoms with van der Waals surface area (Å²) in [6, 6.07) is -0.0566. The Bertz CT molecular complexity index is 415. The lowest BCUT2D eigenvalue weighted by Crippen LogP contribution is -2.50. The van der Waals surface area contributed by atoms with Crippen LogP contribution in [0.2, 0.25) is 18.1 Å². The van der Waals surface area contributed by atoms with Gasteiger partial charge in [-0.2, -0.15) is 0 Å². The van der Waals surface area contributed by atoms with E-state index in [9.17, 15) is 4.79 Å². The maximum Gasteiger partial charge on any atom is 0.427 e. The molecule has 0 bridgehead atoms. The summed E-state index contributed by atoms with van der Waals surface area (Å²) >= 11 is 0. The van der Waals surface area contributed by atoms with E-state index in [1.54, 1.807) is 17.3 Å². The molecule has 0 unspecified atom stereocenters. The van der Waals surface area contributed by atoms with Gasteiger partial charge in [-0.1, -0.05) is 25.9 Å². The van der Waals surface area contributed by atoms with E-state index < -0.39 is 13.9 Å². The molecule has 1 aliphatic rings. The number of hydrogen-bond donors (Lipinski definition) is 0. The Balaban J connectivity index is 2.79. The van der Waals surface area contributed by atoms with E-state index in [0.717, 1.165) is 6.42 Å². The van der Waals surface area contributed by atoms with Gasteiger partial charge >= 0.3 is 6.09 Å².